The van der Waals surface area contributed by atoms with Crippen LogP contribution in [-0.2, 0) is 19.1 Å². The van der Waals surface area contributed by atoms with Gasteiger partial charge in [-0.3, -0.25) is 4.79 Å². The highest BCUT2D eigenvalue weighted by molar-refractivity contribution is 5.85. The van der Waals surface area contributed by atoms with E-state index in [0.29, 0.717) is 23.1 Å². The van der Waals surface area contributed by atoms with Crippen molar-refractivity contribution in [2.45, 2.75) is 65.8 Å². The summed E-state index contributed by atoms with van der Waals surface area (Å²) in [5, 5.41) is 0.639. The Bertz CT molecular complexity index is 1090. The molecule has 1 aromatic heterocycles. The summed E-state index contributed by atoms with van der Waals surface area (Å²) in [5.74, 6) is -0.958. The second-order valence-corrected chi connectivity index (χ2v) is 8.60. The fourth-order valence-corrected chi connectivity index (χ4v) is 3.48. The van der Waals surface area contributed by atoms with E-state index in [-0.39, 0.29) is 11.5 Å². The van der Waals surface area contributed by atoms with Gasteiger partial charge in [-0.05, 0) is 52.3 Å². The van der Waals surface area contributed by atoms with Crippen LogP contribution in [0.2, 0.25) is 0 Å². The highest BCUT2D eigenvalue weighted by Gasteiger charge is 2.50. The standard InChI is InChI=1S/C24H28O7/c1-7-14(4)23(27)30-21-19-16(10-8-15-9-11-17(25)28-20(15)19)31-24(5,6)22(21)29-18(26)12-13(2)3/h8-12,14,21-22H,7H2,1-6H3/t14?,21-,22-/m1/s1. The van der Waals surface area contributed by atoms with Gasteiger partial charge < -0.3 is 18.6 Å². The summed E-state index contributed by atoms with van der Waals surface area (Å²) in [6.45, 7) is 10.7. The largest absolute Gasteiger partial charge is 0.483 e. The molecular weight excluding hydrogens is 400 g/mol. The normalized spacial score (nSPS) is 20.2. The van der Waals surface area contributed by atoms with Crippen LogP contribution >= 0.6 is 0 Å². The quantitative estimate of drug-likeness (QED) is 0.394. The number of fused-ring (bicyclic) bond motifs is 3. The van der Waals surface area contributed by atoms with E-state index in [1.807, 2.05) is 6.92 Å². The molecule has 0 bridgehead atoms. The molecule has 0 amide bonds. The van der Waals surface area contributed by atoms with Gasteiger partial charge in [0.05, 0.1) is 11.5 Å². The van der Waals surface area contributed by atoms with Crippen molar-refractivity contribution < 1.29 is 28.2 Å². The van der Waals surface area contributed by atoms with Crippen molar-refractivity contribution in [3.63, 3.8) is 0 Å². The summed E-state index contributed by atoms with van der Waals surface area (Å²) < 4.78 is 23.2. The Kier molecular flexibility index (Phi) is 6.25. The van der Waals surface area contributed by atoms with E-state index in [1.165, 1.54) is 12.1 Å². The van der Waals surface area contributed by atoms with Crippen LogP contribution in [0.25, 0.3) is 11.0 Å². The minimum atomic E-state index is -1.01. The number of hydrogen-bond donors (Lipinski definition) is 0. The molecule has 0 saturated heterocycles. The van der Waals surface area contributed by atoms with Gasteiger partial charge in [-0.15, -0.1) is 0 Å². The van der Waals surface area contributed by atoms with Gasteiger partial charge in [-0.1, -0.05) is 19.4 Å². The molecule has 31 heavy (non-hydrogen) atoms. The number of ether oxygens (including phenoxy) is 3. The number of benzene rings is 1. The molecule has 1 aliphatic heterocycles. The van der Waals surface area contributed by atoms with Crippen molar-refractivity contribution >= 4 is 22.9 Å². The third-order valence-electron chi connectivity index (χ3n) is 5.31. The van der Waals surface area contributed by atoms with E-state index < -0.39 is 35.4 Å². The van der Waals surface area contributed by atoms with Crippen LogP contribution in [0.3, 0.4) is 0 Å². The van der Waals surface area contributed by atoms with Gasteiger partial charge >= 0.3 is 17.6 Å². The molecule has 0 aliphatic carbocycles. The summed E-state index contributed by atoms with van der Waals surface area (Å²) in [4.78, 5) is 37.2. The fraction of sp³-hybridized carbons (Fsp3) is 0.458. The minimum absolute atomic E-state index is 0.241. The highest BCUT2D eigenvalue weighted by Crippen LogP contribution is 2.46. The molecule has 0 N–H and O–H groups in total. The van der Waals surface area contributed by atoms with Crippen LogP contribution in [-0.4, -0.2) is 23.6 Å². The molecule has 7 nitrogen and oxygen atoms in total. The van der Waals surface area contributed by atoms with E-state index >= 15 is 0 Å². The van der Waals surface area contributed by atoms with Gasteiger partial charge in [-0.25, -0.2) is 9.59 Å². The Hall–Kier alpha value is -3.09. The van der Waals surface area contributed by atoms with Crippen molar-refractivity contribution in [3.8, 4) is 5.75 Å². The minimum Gasteiger partial charge on any atom is -0.483 e. The summed E-state index contributed by atoms with van der Waals surface area (Å²) in [6, 6.07) is 6.43. The zero-order chi connectivity index (χ0) is 22.9. The SMILES string of the molecule is CCC(C)C(=O)O[C@@H]1c2c(ccc3ccc(=O)oc23)OC(C)(C)[C@@H]1OC(=O)C=C(C)C. The van der Waals surface area contributed by atoms with Gasteiger partial charge in [0.2, 0.25) is 0 Å². The second-order valence-electron chi connectivity index (χ2n) is 8.60. The van der Waals surface area contributed by atoms with E-state index in [4.69, 9.17) is 18.6 Å². The van der Waals surface area contributed by atoms with Crippen molar-refractivity contribution in [2.75, 3.05) is 0 Å². The number of carbonyl (C=O) groups excluding carboxylic acids is 2. The first kappa shape index (κ1) is 22.6. The lowest BCUT2D eigenvalue weighted by Gasteiger charge is -2.43. The molecule has 0 spiro atoms. The predicted molar refractivity (Wildman–Crippen MR) is 115 cm³/mol. The molecule has 1 aliphatic rings. The zero-order valence-electron chi connectivity index (χ0n) is 18.7. The first-order valence-corrected chi connectivity index (χ1v) is 10.3. The molecule has 0 fully saturated rings. The van der Waals surface area contributed by atoms with Crippen LogP contribution in [0.5, 0.6) is 5.75 Å². The molecule has 0 saturated carbocycles. The Balaban J connectivity index is 2.19. The first-order chi connectivity index (χ1) is 14.5. The monoisotopic (exact) mass is 428 g/mol. The molecule has 7 heteroatoms. The Morgan fingerprint density at radius 3 is 2.48 bits per heavy atom. The number of esters is 2. The predicted octanol–water partition coefficient (Wildman–Crippen LogP) is 4.47. The van der Waals surface area contributed by atoms with Crippen molar-refractivity contribution in [1.82, 2.24) is 0 Å². The van der Waals surface area contributed by atoms with Gasteiger partial charge in [0.15, 0.2) is 12.2 Å². The van der Waals surface area contributed by atoms with E-state index in [9.17, 15) is 14.4 Å². The second kappa shape index (κ2) is 8.57. The highest BCUT2D eigenvalue weighted by atomic mass is 16.6. The van der Waals surface area contributed by atoms with Crippen molar-refractivity contribution in [3.05, 3.63) is 51.9 Å². The lowest BCUT2D eigenvalue weighted by atomic mass is 9.87. The molecule has 166 valence electrons. The molecule has 1 aromatic carbocycles. The van der Waals surface area contributed by atoms with E-state index in [0.717, 1.165) is 5.57 Å². The van der Waals surface area contributed by atoms with Crippen LogP contribution in [0.15, 0.2) is 45.1 Å². The maximum absolute atomic E-state index is 12.8. The average molecular weight is 428 g/mol. The maximum atomic E-state index is 12.8. The van der Waals surface area contributed by atoms with E-state index in [2.05, 4.69) is 0 Å². The Morgan fingerprint density at radius 2 is 1.84 bits per heavy atom. The van der Waals surface area contributed by atoms with Gasteiger partial charge in [0.1, 0.15) is 16.9 Å². The topological polar surface area (TPSA) is 92.0 Å². The number of carbonyl (C=O) groups is 2. The van der Waals surface area contributed by atoms with Crippen LogP contribution in [0.1, 0.15) is 59.6 Å². The Labute approximate surface area is 181 Å². The van der Waals surface area contributed by atoms with Gasteiger partial charge in [-0.2, -0.15) is 0 Å². The molecule has 1 unspecified atom stereocenters. The maximum Gasteiger partial charge on any atom is 0.336 e. The summed E-state index contributed by atoms with van der Waals surface area (Å²) in [7, 11) is 0. The molecule has 2 heterocycles. The lowest BCUT2D eigenvalue weighted by Crippen LogP contribution is -2.52. The van der Waals surface area contributed by atoms with Crippen LogP contribution in [0.4, 0.5) is 0 Å². The molecule has 3 atom stereocenters. The average Bonchev–Trinajstić information content (AvgIpc) is 2.68. The van der Waals surface area contributed by atoms with Crippen LogP contribution in [0, 0.1) is 5.92 Å². The molecule has 3 rings (SSSR count). The van der Waals surface area contributed by atoms with Gasteiger partial charge in [0, 0.05) is 17.5 Å². The zero-order valence-corrected chi connectivity index (χ0v) is 18.7. The third kappa shape index (κ3) is 4.65. The molecule has 2 aromatic rings. The summed E-state index contributed by atoms with van der Waals surface area (Å²) in [5.41, 5.74) is -0.173. The summed E-state index contributed by atoms with van der Waals surface area (Å²) in [6.07, 6.45) is -0.0238. The number of rotatable bonds is 5. The smallest absolute Gasteiger partial charge is 0.336 e. The van der Waals surface area contributed by atoms with Crippen LogP contribution < -0.4 is 10.4 Å². The fourth-order valence-electron chi connectivity index (χ4n) is 3.48. The molecule has 0 radical (unpaired) electrons. The third-order valence-corrected chi connectivity index (χ3v) is 5.31. The Morgan fingerprint density at radius 1 is 1.16 bits per heavy atom. The first-order valence-electron chi connectivity index (χ1n) is 10.3. The number of allylic oxidation sites excluding steroid dienone is 1. The van der Waals surface area contributed by atoms with E-state index in [1.54, 1.807) is 52.8 Å². The molecular formula is C24H28O7. The van der Waals surface area contributed by atoms with Crippen molar-refractivity contribution in [2.24, 2.45) is 5.92 Å². The van der Waals surface area contributed by atoms with Gasteiger partial charge in [0.25, 0.3) is 0 Å². The number of hydrogen-bond acceptors (Lipinski definition) is 7. The lowest BCUT2D eigenvalue weighted by molar-refractivity contribution is -0.189. The van der Waals surface area contributed by atoms with Crippen molar-refractivity contribution in [1.29, 1.82) is 0 Å². The summed E-state index contributed by atoms with van der Waals surface area (Å²) >= 11 is 0.